The minimum Gasteiger partial charge on any atom is -0.497 e. The number of carbonyl (C=O) groups excluding carboxylic acids is 1. The number of rotatable bonds is 4. The molecule has 1 aromatic heterocycles. The lowest BCUT2D eigenvalue weighted by atomic mass is 10.2. The molecular weight excluding hydrogens is 302 g/mol. The summed E-state index contributed by atoms with van der Waals surface area (Å²) in [4.78, 5) is 23.7. The van der Waals surface area contributed by atoms with Crippen molar-refractivity contribution in [2.24, 2.45) is 7.05 Å². The van der Waals surface area contributed by atoms with Gasteiger partial charge in [-0.15, -0.1) is 11.3 Å². The van der Waals surface area contributed by atoms with Gasteiger partial charge < -0.3 is 14.0 Å². The van der Waals surface area contributed by atoms with Gasteiger partial charge >= 0.3 is 5.97 Å². The Kier molecular flexibility index (Phi) is 5.16. The smallest absolute Gasteiger partial charge is 0.333 e. The molecule has 0 saturated carbocycles. The maximum Gasteiger partial charge on any atom is 0.333 e. The van der Waals surface area contributed by atoms with E-state index in [0.717, 1.165) is 11.3 Å². The predicted molar refractivity (Wildman–Crippen MR) is 86.5 cm³/mol. The number of hydrogen-bond acceptors (Lipinski definition) is 5. The Labute approximate surface area is 131 Å². The Hall–Kier alpha value is -2.34. The van der Waals surface area contributed by atoms with Gasteiger partial charge in [0.15, 0.2) is 0 Å². The van der Waals surface area contributed by atoms with E-state index in [1.54, 1.807) is 27.2 Å². The maximum atomic E-state index is 12.2. The van der Waals surface area contributed by atoms with Crippen LogP contribution in [0.2, 0.25) is 0 Å². The highest BCUT2D eigenvalue weighted by molar-refractivity contribution is 7.07. The van der Waals surface area contributed by atoms with Crippen molar-refractivity contribution in [1.82, 2.24) is 4.57 Å². The summed E-state index contributed by atoms with van der Waals surface area (Å²) in [6.07, 6.45) is 3.12. The number of nitrogens with zero attached hydrogens (tertiary/aromatic N) is 1. The molecule has 116 valence electrons. The molecule has 2 aromatic rings. The van der Waals surface area contributed by atoms with Crippen molar-refractivity contribution in [3.8, 4) is 5.75 Å². The Morgan fingerprint density at radius 3 is 2.59 bits per heavy atom. The summed E-state index contributed by atoms with van der Waals surface area (Å²) in [5.41, 5.74) is 0.749. The molecule has 0 N–H and O–H groups in total. The third-order valence-corrected chi connectivity index (χ3v) is 4.12. The average Bonchev–Trinajstić information content (AvgIpc) is 2.76. The van der Waals surface area contributed by atoms with Crippen LogP contribution < -0.4 is 19.5 Å². The molecule has 1 aromatic carbocycles. The molecule has 0 unspecified atom stereocenters. The Morgan fingerprint density at radius 1 is 1.32 bits per heavy atom. The Balaban J connectivity index is 2.46. The van der Waals surface area contributed by atoms with Gasteiger partial charge in [-0.1, -0.05) is 12.1 Å². The summed E-state index contributed by atoms with van der Waals surface area (Å²) in [5.74, 6) is 0.308. The SMILES string of the molecule is CCOC(=O)/C=c1\s/c(=C\c2ccc(OC)cc2)c(=O)n1C. The first-order valence-electron chi connectivity index (χ1n) is 6.75. The largest absolute Gasteiger partial charge is 0.497 e. The van der Waals surface area contributed by atoms with E-state index in [0.29, 0.717) is 15.8 Å². The lowest BCUT2D eigenvalue weighted by Crippen LogP contribution is -2.29. The van der Waals surface area contributed by atoms with Crippen LogP contribution in [0.5, 0.6) is 5.75 Å². The molecular formula is C16H17NO4S. The molecule has 22 heavy (non-hydrogen) atoms. The van der Waals surface area contributed by atoms with Gasteiger partial charge in [0.1, 0.15) is 10.4 Å². The molecule has 0 amide bonds. The van der Waals surface area contributed by atoms with Crippen LogP contribution in [-0.2, 0) is 16.6 Å². The second-order valence-electron chi connectivity index (χ2n) is 4.48. The summed E-state index contributed by atoms with van der Waals surface area (Å²) in [6, 6.07) is 7.39. The minimum atomic E-state index is -0.449. The molecule has 0 spiro atoms. The first kappa shape index (κ1) is 16.0. The lowest BCUT2D eigenvalue weighted by molar-refractivity contribution is -0.135. The average molecular weight is 319 g/mol. The molecule has 0 radical (unpaired) electrons. The van der Waals surface area contributed by atoms with Crippen LogP contribution >= 0.6 is 11.3 Å². The minimum absolute atomic E-state index is 0.142. The molecule has 1 heterocycles. The van der Waals surface area contributed by atoms with Crippen LogP contribution in [0.25, 0.3) is 12.2 Å². The van der Waals surface area contributed by atoms with Crippen molar-refractivity contribution >= 4 is 29.5 Å². The standard InChI is InChI=1S/C16H17NO4S/c1-4-21-15(18)10-14-17(2)16(19)13(22-14)9-11-5-7-12(20-3)8-6-11/h5-10H,4H2,1-3H3/b13-9-,14-10-. The van der Waals surface area contributed by atoms with Crippen LogP contribution in [0.15, 0.2) is 29.1 Å². The predicted octanol–water partition coefficient (Wildman–Crippen LogP) is 0.628. The molecule has 0 fully saturated rings. The summed E-state index contributed by atoms with van der Waals surface area (Å²) in [7, 11) is 3.24. The van der Waals surface area contributed by atoms with E-state index in [-0.39, 0.29) is 5.56 Å². The fourth-order valence-electron chi connectivity index (χ4n) is 1.84. The molecule has 0 saturated heterocycles. The van der Waals surface area contributed by atoms with E-state index >= 15 is 0 Å². The highest BCUT2D eigenvalue weighted by Gasteiger charge is 2.03. The summed E-state index contributed by atoms with van der Waals surface area (Å²) in [6.45, 7) is 2.04. The highest BCUT2D eigenvalue weighted by atomic mass is 32.1. The number of ether oxygens (including phenoxy) is 2. The topological polar surface area (TPSA) is 57.5 Å². The maximum absolute atomic E-state index is 12.2. The van der Waals surface area contributed by atoms with Crippen LogP contribution in [0.4, 0.5) is 0 Å². The fourth-order valence-corrected chi connectivity index (χ4v) is 2.86. The number of methoxy groups -OCH3 is 1. The summed E-state index contributed by atoms with van der Waals surface area (Å²) in [5, 5.41) is 0. The number of aromatic nitrogens is 1. The van der Waals surface area contributed by atoms with E-state index in [1.807, 2.05) is 24.3 Å². The van der Waals surface area contributed by atoms with Gasteiger partial charge in [0.2, 0.25) is 0 Å². The van der Waals surface area contributed by atoms with Gasteiger partial charge in [0.25, 0.3) is 5.56 Å². The highest BCUT2D eigenvalue weighted by Crippen LogP contribution is 2.11. The molecule has 0 aliphatic carbocycles. The second-order valence-corrected chi connectivity index (χ2v) is 5.54. The number of carbonyl (C=O) groups is 1. The zero-order chi connectivity index (χ0) is 16.1. The monoisotopic (exact) mass is 319 g/mol. The van der Waals surface area contributed by atoms with Crippen molar-refractivity contribution in [2.75, 3.05) is 13.7 Å². The number of esters is 1. The number of hydrogen-bond donors (Lipinski definition) is 0. The van der Waals surface area contributed by atoms with Crippen LogP contribution in [0, 0.1) is 0 Å². The third kappa shape index (κ3) is 3.65. The number of thiazole rings is 1. The normalized spacial score (nSPS) is 12.5. The zero-order valence-electron chi connectivity index (χ0n) is 12.7. The van der Waals surface area contributed by atoms with Gasteiger partial charge in [0, 0.05) is 7.05 Å². The van der Waals surface area contributed by atoms with E-state index in [4.69, 9.17) is 9.47 Å². The third-order valence-electron chi connectivity index (χ3n) is 3.00. The van der Waals surface area contributed by atoms with E-state index in [9.17, 15) is 9.59 Å². The van der Waals surface area contributed by atoms with Gasteiger partial charge in [0.05, 0.1) is 24.3 Å². The fraction of sp³-hybridized carbons (Fsp3) is 0.250. The van der Waals surface area contributed by atoms with Crippen molar-refractivity contribution in [3.63, 3.8) is 0 Å². The van der Waals surface area contributed by atoms with E-state index in [1.165, 1.54) is 22.0 Å². The molecule has 0 aliphatic rings. The Bertz CT molecular complexity index is 831. The van der Waals surface area contributed by atoms with Crippen LogP contribution in [0.1, 0.15) is 12.5 Å². The summed E-state index contributed by atoms with van der Waals surface area (Å²) >= 11 is 1.25. The number of benzene rings is 1. The Morgan fingerprint density at radius 2 is 2.00 bits per heavy atom. The molecule has 6 heteroatoms. The van der Waals surface area contributed by atoms with E-state index in [2.05, 4.69) is 0 Å². The quantitative estimate of drug-likeness (QED) is 0.776. The van der Waals surface area contributed by atoms with E-state index < -0.39 is 5.97 Å². The lowest BCUT2D eigenvalue weighted by Gasteiger charge is -1.98. The van der Waals surface area contributed by atoms with Crippen LogP contribution in [-0.4, -0.2) is 24.3 Å². The van der Waals surface area contributed by atoms with Crippen molar-refractivity contribution < 1.29 is 14.3 Å². The first-order valence-corrected chi connectivity index (χ1v) is 7.57. The second kappa shape index (κ2) is 7.09. The van der Waals surface area contributed by atoms with Crippen molar-refractivity contribution in [1.29, 1.82) is 0 Å². The zero-order valence-corrected chi connectivity index (χ0v) is 13.5. The summed E-state index contributed by atoms with van der Waals surface area (Å²) < 4.78 is 12.5. The van der Waals surface area contributed by atoms with Crippen molar-refractivity contribution in [3.05, 3.63) is 49.4 Å². The van der Waals surface area contributed by atoms with Crippen molar-refractivity contribution in [2.45, 2.75) is 6.92 Å². The molecule has 2 rings (SSSR count). The molecule has 0 aliphatic heterocycles. The van der Waals surface area contributed by atoms with Gasteiger partial charge in [-0.3, -0.25) is 4.79 Å². The van der Waals surface area contributed by atoms with Gasteiger partial charge in [-0.25, -0.2) is 4.79 Å². The molecule has 0 bridgehead atoms. The van der Waals surface area contributed by atoms with Gasteiger partial charge in [-0.05, 0) is 30.7 Å². The van der Waals surface area contributed by atoms with Crippen LogP contribution in [0.3, 0.4) is 0 Å². The molecule has 0 atom stereocenters. The molecule has 5 nitrogen and oxygen atoms in total. The first-order chi connectivity index (χ1) is 10.5. The van der Waals surface area contributed by atoms with Gasteiger partial charge in [-0.2, -0.15) is 0 Å².